The Morgan fingerprint density at radius 1 is 1.47 bits per heavy atom. The van der Waals surface area contributed by atoms with Gasteiger partial charge in [0.05, 0.1) is 0 Å². The first kappa shape index (κ1) is 12.5. The molecule has 88 valence electrons. The van der Waals surface area contributed by atoms with Gasteiger partial charge in [-0.1, -0.05) is 0 Å². The fraction of sp³-hybridized carbons (Fsp3) is 0.909. The van der Waals surface area contributed by atoms with Crippen molar-refractivity contribution in [3.63, 3.8) is 0 Å². The Morgan fingerprint density at radius 3 is 2.67 bits per heavy atom. The Hall–Kier alpha value is -0.610. The molecule has 0 aromatic rings. The van der Waals surface area contributed by atoms with Gasteiger partial charge in [0, 0.05) is 20.1 Å². The molecule has 1 amide bonds. The number of carbonyl (C=O) groups excluding carboxylic acids is 1. The average molecular weight is 214 g/mol. The first-order valence-electron chi connectivity index (χ1n) is 5.80. The number of hydrogen-bond donors (Lipinski definition) is 2. The summed E-state index contributed by atoms with van der Waals surface area (Å²) in [4.78, 5) is 13.0. The first-order valence-corrected chi connectivity index (χ1v) is 5.80. The lowest BCUT2D eigenvalue weighted by Crippen LogP contribution is -2.36. The highest BCUT2D eigenvalue weighted by molar-refractivity contribution is 5.72. The second kappa shape index (κ2) is 6.80. The summed E-state index contributed by atoms with van der Waals surface area (Å²) in [5.74, 6) is 0.561. The van der Waals surface area contributed by atoms with Crippen molar-refractivity contribution in [1.29, 1.82) is 0 Å². The zero-order chi connectivity index (χ0) is 11.1. The van der Waals surface area contributed by atoms with Gasteiger partial charge >= 0.3 is 0 Å². The molecule has 1 rings (SSSR count). The average Bonchev–Trinajstić information content (AvgIpc) is 2.25. The Morgan fingerprint density at radius 2 is 2.13 bits per heavy atom. The Kier molecular flexibility index (Phi) is 5.65. The van der Waals surface area contributed by atoms with Gasteiger partial charge in [0.2, 0.25) is 5.91 Å². The number of aliphatic hydroxyl groups excluding tert-OH is 1. The van der Waals surface area contributed by atoms with Crippen molar-refractivity contribution >= 4 is 5.91 Å². The number of piperidine rings is 1. The fourth-order valence-electron chi connectivity index (χ4n) is 1.96. The second-order valence-electron chi connectivity index (χ2n) is 4.30. The van der Waals surface area contributed by atoms with E-state index in [-0.39, 0.29) is 5.91 Å². The van der Waals surface area contributed by atoms with Crippen LogP contribution >= 0.6 is 0 Å². The standard InChI is InChI=1S/C11H22N2O2/c1-10(15)12-5-2-6-13-7-3-11(9-14)4-8-13/h11,14H,2-9H2,1H3,(H,12,15). The Labute approximate surface area is 91.6 Å². The maximum Gasteiger partial charge on any atom is 0.216 e. The number of carbonyl (C=O) groups is 1. The van der Waals surface area contributed by atoms with E-state index in [1.54, 1.807) is 6.92 Å². The van der Waals surface area contributed by atoms with Crippen molar-refractivity contribution in [1.82, 2.24) is 10.2 Å². The Bertz CT molecular complexity index is 189. The molecule has 4 nitrogen and oxygen atoms in total. The summed E-state index contributed by atoms with van der Waals surface area (Å²) in [7, 11) is 0. The lowest BCUT2D eigenvalue weighted by molar-refractivity contribution is -0.118. The zero-order valence-electron chi connectivity index (χ0n) is 9.54. The van der Waals surface area contributed by atoms with Crippen LogP contribution in [0.25, 0.3) is 0 Å². The largest absolute Gasteiger partial charge is 0.396 e. The summed E-state index contributed by atoms with van der Waals surface area (Å²) in [6, 6.07) is 0. The van der Waals surface area contributed by atoms with Crippen LogP contribution in [0.1, 0.15) is 26.2 Å². The second-order valence-corrected chi connectivity index (χ2v) is 4.30. The van der Waals surface area contributed by atoms with Crippen molar-refractivity contribution < 1.29 is 9.90 Å². The molecular formula is C11H22N2O2. The highest BCUT2D eigenvalue weighted by atomic mass is 16.3. The number of nitrogens with zero attached hydrogens (tertiary/aromatic N) is 1. The van der Waals surface area contributed by atoms with Crippen LogP contribution in [0.5, 0.6) is 0 Å². The van der Waals surface area contributed by atoms with E-state index in [4.69, 9.17) is 5.11 Å². The molecule has 1 saturated heterocycles. The van der Waals surface area contributed by atoms with Gasteiger partial charge in [-0.15, -0.1) is 0 Å². The molecule has 1 aliphatic rings. The molecule has 4 heteroatoms. The summed E-state index contributed by atoms with van der Waals surface area (Å²) < 4.78 is 0. The van der Waals surface area contributed by atoms with E-state index in [9.17, 15) is 4.79 Å². The van der Waals surface area contributed by atoms with Crippen molar-refractivity contribution in [2.75, 3.05) is 32.8 Å². The normalized spacial score (nSPS) is 19.1. The quantitative estimate of drug-likeness (QED) is 0.644. The minimum absolute atomic E-state index is 0.0500. The molecule has 0 atom stereocenters. The molecule has 0 bridgehead atoms. The summed E-state index contributed by atoms with van der Waals surface area (Å²) in [5, 5.41) is 11.8. The molecule has 0 aromatic carbocycles. The summed E-state index contributed by atoms with van der Waals surface area (Å²) >= 11 is 0. The minimum Gasteiger partial charge on any atom is -0.396 e. The molecular weight excluding hydrogens is 192 g/mol. The van der Waals surface area contributed by atoms with Crippen molar-refractivity contribution in [3.8, 4) is 0 Å². The van der Waals surface area contributed by atoms with Crippen LogP contribution in [0.15, 0.2) is 0 Å². The SMILES string of the molecule is CC(=O)NCCCN1CCC(CO)CC1. The molecule has 15 heavy (non-hydrogen) atoms. The molecule has 1 aliphatic heterocycles. The van der Waals surface area contributed by atoms with E-state index in [1.807, 2.05) is 0 Å². The fourth-order valence-corrected chi connectivity index (χ4v) is 1.96. The predicted octanol–water partition coefficient (Wildman–Crippen LogP) is 0.217. The topological polar surface area (TPSA) is 52.6 Å². The van der Waals surface area contributed by atoms with Gasteiger partial charge in [0.1, 0.15) is 0 Å². The molecule has 0 saturated carbocycles. The van der Waals surface area contributed by atoms with E-state index >= 15 is 0 Å². The molecule has 0 spiro atoms. The van der Waals surface area contributed by atoms with Gasteiger partial charge in [-0.25, -0.2) is 0 Å². The van der Waals surface area contributed by atoms with Crippen molar-refractivity contribution in [2.45, 2.75) is 26.2 Å². The minimum atomic E-state index is 0.0500. The molecule has 0 aromatic heterocycles. The van der Waals surface area contributed by atoms with Crippen molar-refractivity contribution in [3.05, 3.63) is 0 Å². The highest BCUT2D eigenvalue weighted by Gasteiger charge is 2.17. The third-order valence-electron chi connectivity index (χ3n) is 2.99. The first-order chi connectivity index (χ1) is 7.22. The molecule has 2 N–H and O–H groups in total. The van der Waals surface area contributed by atoms with Gasteiger partial charge in [-0.05, 0) is 44.8 Å². The number of amides is 1. The van der Waals surface area contributed by atoms with E-state index in [0.717, 1.165) is 45.4 Å². The highest BCUT2D eigenvalue weighted by Crippen LogP contribution is 2.15. The molecule has 0 unspecified atom stereocenters. The van der Waals surface area contributed by atoms with Crippen LogP contribution in [0, 0.1) is 5.92 Å². The van der Waals surface area contributed by atoms with Crippen LogP contribution in [0.3, 0.4) is 0 Å². The lowest BCUT2D eigenvalue weighted by atomic mass is 9.98. The van der Waals surface area contributed by atoms with Crippen LogP contribution in [-0.2, 0) is 4.79 Å². The molecule has 1 heterocycles. The number of aliphatic hydroxyl groups is 1. The number of rotatable bonds is 5. The van der Waals surface area contributed by atoms with Crippen LogP contribution in [0.4, 0.5) is 0 Å². The zero-order valence-corrected chi connectivity index (χ0v) is 9.54. The molecule has 1 fully saturated rings. The van der Waals surface area contributed by atoms with Crippen LogP contribution < -0.4 is 5.32 Å². The van der Waals surface area contributed by atoms with Gasteiger partial charge in [-0.2, -0.15) is 0 Å². The summed E-state index contributed by atoms with van der Waals surface area (Å²) in [5.41, 5.74) is 0. The smallest absolute Gasteiger partial charge is 0.216 e. The van der Waals surface area contributed by atoms with Gasteiger partial charge in [-0.3, -0.25) is 4.79 Å². The molecule has 0 aliphatic carbocycles. The van der Waals surface area contributed by atoms with Gasteiger partial charge in [0.25, 0.3) is 0 Å². The third-order valence-corrected chi connectivity index (χ3v) is 2.99. The summed E-state index contributed by atoms with van der Waals surface area (Å²) in [6.07, 6.45) is 3.23. The lowest BCUT2D eigenvalue weighted by Gasteiger charge is -2.30. The van der Waals surface area contributed by atoms with Crippen LogP contribution in [0.2, 0.25) is 0 Å². The van der Waals surface area contributed by atoms with E-state index in [0.29, 0.717) is 12.5 Å². The number of nitrogens with one attached hydrogen (secondary N) is 1. The maximum atomic E-state index is 10.6. The predicted molar refractivity (Wildman–Crippen MR) is 59.6 cm³/mol. The molecule has 0 radical (unpaired) electrons. The van der Waals surface area contributed by atoms with Crippen molar-refractivity contribution in [2.24, 2.45) is 5.92 Å². The maximum absolute atomic E-state index is 10.6. The summed E-state index contributed by atoms with van der Waals surface area (Å²) in [6.45, 7) is 5.89. The van der Waals surface area contributed by atoms with E-state index in [1.165, 1.54) is 0 Å². The van der Waals surface area contributed by atoms with Gasteiger partial charge < -0.3 is 15.3 Å². The number of hydrogen-bond acceptors (Lipinski definition) is 3. The van der Waals surface area contributed by atoms with E-state index in [2.05, 4.69) is 10.2 Å². The third kappa shape index (κ3) is 5.14. The van der Waals surface area contributed by atoms with Gasteiger partial charge in [0.15, 0.2) is 0 Å². The van der Waals surface area contributed by atoms with Crippen LogP contribution in [-0.4, -0.2) is 48.7 Å². The Balaban J connectivity index is 2.01. The van der Waals surface area contributed by atoms with E-state index < -0.39 is 0 Å². The number of likely N-dealkylation sites (tertiary alicyclic amines) is 1. The monoisotopic (exact) mass is 214 g/mol.